The number of hydrogen-bond acceptors (Lipinski definition) is 3. The van der Waals surface area contributed by atoms with E-state index in [9.17, 15) is 0 Å². The van der Waals surface area contributed by atoms with Crippen molar-refractivity contribution in [2.24, 2.45) is 0 Å². The third-order valence-corrected chi connectivity index (χ3v) is 4.61. The summed E-state index contributed by atoms with van der Waals surface area (Å²) in [6.45, 7) is 2.48. The first kappa shape index (κ1) is 14.7. The SMILES string of the molecule is c1ccc(C(Oc2ccccc2C2CC2)[C@@H]2CNCCO2)cc1. The maximum Gasteiger partial charge on any atom is 0.151 e. The summed E-state index contributed by atoms with van der Waals surface area (Å²) in [6.07, 6.45) is 2.51. The Morgan fingerprint density at radius 2 is 1.78 bits per heavy atom. The molecule has 0 bridgehead atoms. The Balaban J connectivity index is 1.63. The third-order valence-electron chi connectivity index (χ3n) is 4.61. The van der Waals surface area contributed by atoms with Crippen LogP contribution in [0.2, 0.25) is 0 Å². The summed E-state index contributed by atoms with van der Waals surface area (Å²) in [6, 6.07) is 18.9. The maximum atomic E-state index is 6.51. The Bertz CT molecular complexity index is 633. The van der Waals surface area contributed by atoms with Crippen LogP contribution >= 0.6 is 0 Å². The van der Waals surface area contributed by atoms with Crippen molar-refractivity contribution < 1.29 is 9.47 Å². The Labute approximate surface area is 137 Å². The van der Waals surface area contributed by atoms with Crippen LogP contribution in [-0.2, 0) is 4.74 Å². The molecule has 2 fully saturated rings. The predicted molar refractivity (Wildman–Crippen MR) is 90.8 cm³/mol. The molecule has 1 aliphatic carbocycles. The van der Waals surface area contributed by atoms with Gasteiger partial charge in [-0.25, -0.2) is 0 Å². The molecule has 3 nitrogen and oxygen atoms in total. The minimum atomic E-state index is -0.0797. The lowest BCUT2D eigenvalue weighted by Gasteiger charge is -2.32. The van der Waals surface area contributed by atoms with Gasteiger partial charge in [-0.2, -0.15) is 0 Å². The number of rotatable bonds is 5. The Kier molecular flexibility index (Phi) is 4.31. The lowest BCUT2D eigenvalue weighted by molar-refractivity contribution is -0.0435. The molecule has 0 aromatic heterocycles. The largest absolute Gasteiger partial charge is 0.483 e. The van der Waals surface area contributed by atoms with Gasteiger partial charge in [0.15, 0.2) is 6.10 Å². The highest BCUT2D eigenvalue weighted by molar-refractivity contribution is 5.39. The van der Waals surface area contributed by atoms with Gasteiger partial charge in [-0.15, -0.1) is 0 Å². The van der Waals surface area contributed by atoms with E-state index in [0.717, 1.165) is 25.4 Å². The summed E-state index contributed by atoms with van der Waals surface area (Å²) in [5.74, 6) is 1.69. The highest BCUT2D eigenvalue weighted by Gasteiger charge is 2.31. The van der Waals surface area contributed by atoms with Gasteiger partial charge >= 0.3 is 0 Å². The second-order valence-corrected chi connectivity index (χ2v) is 6.37. The number of morpholine rings is 1. The summed E-state index contributed by atoms with van der Waals surface area (Å²) in [4.78, 5) is 0. The van der Waals surface area contributed by atoms with Crippen LogP contribution in [0.15, 0.2) is 54.6 Å². The van der Waals surface area contributed by atoms with Crippen LogP contribution < -0.4 is 10.1 Å². The molecule has 2 aromatic rings. The van der Waals surface area contributed by atoms with Crippen LogP contribution in [0.25, 0.3) is 0 Å². The van der Waals surface area contributed by atoms with Gasteiger partial charge in [0.25, 0.3) is 0 Å². The highest BCUT2D eigenvalue weighted by Crippen LogP contribution is 2.45. The molecule has 0 spiro atoms. The van der Waals surface area contributed by atoms with Crippen LogP contribution in [0, 0.1) is 0 Å². The Hall–Kier alpha value is -1.84. The van der Waals surface area contributed by atoms with E-state index in [1.807, 2.05) is 6.07 Å². The maximum absolute atomic E-state index is 6.51. The van der Waals surface area contributed by atoms with Crippen LogP contribution in [0.5, 0.6) is 5.75 Å². The first-order chi connectivity index (χ1) is 11.4. The average molecular weight is 309 g/mol. The normalized spacial score (nSPS) is 22.5. The first-order valence-electron chi connectivity index (χ1n) is 8.54. The zero-order chi connectivity index (χ0) is 15.5. The summed E-state index contributed by atoms with van der Waals surface area (Å²) in [5.41, 5.74) is 2.52. The minimum absolute atomic E-state index is 0.0402. The molecule has 1 aliphatic heterocycles. The molecule has 4 rings (SSSR count). The highest BCUT2D eigenvalue weighted by atomic mass is 16.5. The molecular formula is C20H23NO2. The van der Waals surface area contributed by atoms with Crippen molar-refractivity contribution in [1.29, 1.82) is 0 Å². The standard InChI is InChI=1S/C20H23NO2/c1-2-6-16(7-3-1)20(19-14-21-12-13-22-19)23-18-9-5-4-8-17(18)15-10-11-15/h1-9,15,19-21H,10-14H2/t19-,20?/m0/s1. The lowest BCUT2D eigenvalue weighted by atomic mass is 10.0. The first-order valence-corrected chi connectivity index (χ1v) is 8.54. The fourth-order valence-corrected chi connectivity index (χ4v) is 3.24. The van der Waals surface area contributed by atoms with Crippen molar-refractivity contribution in [3.05, 3.63) is 65.7 Å². The molecule has 1 unspecified atom stereocenters. The topological polar surface area (TPSA) is 30.5 Å². The van der Waals surface area contributed by atoms with Gasteiger partial charge in [-0.1, -0.05) is 48.5 Å². The molecule has 2 atom stereocenters. The molecule has 23 heavy (non-hydrogen) atoms. The third kappa shape index (κ3) is 3.41. The summed E-state index contributed by atoms with van der Waals surface area (Å²) < 4.78 is 12.5. The van der Waals surface area contributed by atoms with Crippen molar-refractivity contribution in [2.45, 2.75) is 31.0 Å². The molecule has 1 heterocycles. The molecule has 2 aliphatic rings. The molecule has 1 saturated heterocycles. The zero-order valence-electron chi connectivity index (χ0n) is 13.3. The van der Waals surface area contributed by atoms with E-state index in [1.54, 1.807) is 0 Å². The quantitative estimate of drug-likeness (QED) is 0.914. The minimum Gasteiger partial charge on any atom is -0.483 e. The van der Waals surface area contributed by atoms with Crippen molar-refractivity contribution in [3.63, 3.8) is 0 Å². The Morgan fingerprint density at radius 1 is 1.00 bits per heavy atom. The molecule has 0 radical (unpaired) electrons. The van der Waals surface area contributed by atoms with Crippen LogP contribution in [-0.4, -0.2) is 25.8 Å². The van der Waals surface area contributed by atoms with Crippen molar-refractivity contribution in [3.8, 4) is 5.75 Å². The second-order valence-electron chi connectivity index (χ2n) is 6.37. The Morgan fingerprint density at radius 3 is 2.52 bits per heavy atom. The van der Waals surface area contributed by atoms with E-state index in [2.05, 4.69) is 53.8 Å². The van der Waals surface area contributed by atoms with Crippen molar-refractivity contribution >= 4 is 0 Å². The second kappa shape index (κ2) is 6.73. The van der Waals surface area contributed by atoms with E-state index >= 15 is 0 Å². The summed E-state index contributed by atoms with van der Waals surface area (Å²) in [7, 11) is 0. The van der Waals surface area contributed by atoms with E-state index < -0.39 is 0 Å². The molecule has 1 N–H and O–H groups in total. The summed E-state index contributed by atoms with van der Waals surface area (Å²) >= 11 is 0. The van der Waals surface area contributed by atoms with Gasteiger partial charge in [0, 0.05) is 13.1 Å². The molecule has 3 heteroatoms. The van der Waals surface area contributed by atoms with E-state index in [1.165, 1.54) is 24.0 Å². The molecular weight excluding hydrogens is 286 g/mol. The van der Waals surface area contributed by atoms with E-state index in [-0.39, 0.29) is 12.2 Å². The zero-order valence-corrected chi connectivity index (χ0v) is 13.3. The number of nitrogens with one attached hydrogen (secondary N) is 1. The number of hydrogen-bond donors (Lipinski definition) is 1. The van der Waals surface area contributed by atoms with Crippen molar-refractivity contribution in [1.82, 2.24) is 5.32 Å². The van der Waals surface area contributed by atoms with Gasteiger partial charge in [-0.3, -0.25) is 0 Å². The van der Waals surface area contributed by atoms with Crippen LogP contribution in [0.3, 0.4) is 0 Å². The predicted octanol–water partition coefficient (Wildman–Crippen LogP) is 3.67. The van der Waals surface area contributed by atoms with Gasteiger partial charge in [-0.05, 0) is 36.0 Å². The number of para-hydroxylation sites is 1. The van der Waals surface area contributed by atoms with Crippen molar-refractivity contribution in [2.75, 3.05) is 19.7 Å². The van der Waals surface area contributed by atoms with E-state index in [4.69, 9.17) is 9.47 Å². The monoisotopic (exact) mass is 309 g/mol. The van der Waals surface area contributed by atoms with Crippen LogP contribution in [0.1, 0.15) is 36.0 Å². The number of benzene rings is 2. The molecule has 2 aromatic carbocycles. The van der Waals surface area contributed by atoms with Crippen LogP contribution in [0.4, 0.5) is 0 Å². The fourth-order valence-electron chi connectivity index (χ4n) is 3.24. The van der Waals surface area contributed by atoms with Gasteiger partial charge in [0.1, 0.15) is 11.9 Å². The van der Waals surface area contributed by atoms with E-state index in [0.29, 0.717) is 5.92 Å². The molecule has 120 valence electrons. The fraction of sp³-hybridized carbons (Fsp3) is 0.400. The number of ether oxygens (including phenoxy) is 2. The molecule has 1 saturated carbocycles. The average Bonchev–Trinajstić information content (AvgIpc) is 3.46. The smallest absolute Gasteiger partial charge is 0.151 e. The summed E-state index contributed by atoms with van der Waals surface area (Å²) in [5, 5.41) is 3.42. The van der Waals surface area contributed by atoms with Gasteiger partial charge in [0.2, 0.25) is 0 Å². The molecule has 0 amide bonds. The lowest BCUT2D eigenvalue weighted by Crippen LogP contribution is -2.43. The van der Waals surface area contributed by atoms with Gasteiger partial charge < -0.3 is 14.8 Å². The van der Waals surface area contributed by atoms with Gasteiger partial charge in [0.05, 0.1) is 6.61 Å².